The molecule has 0 bridgehead atoms. The fourth-order valence-corrected chi connectivity index (χ4v) is 4.14. The largest absolute Gasteiger partial charge is 0.484 e. The van der Waals surface area contributed by atoms with Crippen molar-refractivity contribution in [2.45, 2.75) is 38.8 Å². The first kappa shape index (κ1) is 20.1. The van der Waals surface area contributed by atoms with Gasteiger partial charge in [0.2, 0.25) is 5.91 Å². The Morgan fingerprint density at radius 1 is 1.20 bits per heavy atom. The smallest absolute Gasteiger partial charge is 0.261 e. The number of hydrogen-bond donors (Lipinski definition) is 1. The van der Waals surface area contributed by atoms with Gasteiger partial charge in [-0.2, -0.15) is 0 Å². The minimum atomic E-state index is -0.153. The number of fused-ring (bicyclic) bond motifs is 1. The zero-order valence-corrected chi connectivity index (χ0v) is 17.4. The molecule has 3 heterocycles. The lowest BCUT2D eigenvalue weighted by molar-refractivity contribution is -0.134. The Balaban J connectivity index is 1.52. The minimum absolute atomic E-state index is 0.00207. The number of hydrogen-bond acceptors (Lipinski definition) is 6. The zero-order chi connectivity index (χ0) is 21.1. The van der Waals surface area contributed by atoms with Crippen LogP contribution in [0.5, 0.6) is 5.75 Å². The molecule has 0 aliphatic carbocycles. The van der Waals surface area contributed by atoms with Crippen molar-refractivity contribution >= 4 is 17.6 Å². The first-order chi connectivity index (χ1) is 14.6. The highest BCUT2D eigenvalue weighted by Gasteiger charge is 2.34. The third kappa shape index (κ3) is 4.08. The lowest BCUT2D eigenvalue weighted by Crippen LogP contribution is -2.37. The molecule has 1 aromatic carbocycles. The number of benzene rings is 1. The third-order valence-corrected chi connectivity index (χ3v) is 5.74. The predicted octanol–water partition coefficient (Wildman–Crippen LogP) is 2.17. The van der Waals surface area contributed by atoms with Crippen molar-refractivity contribution in [1.29, 1.82) is 0 Å². The summed E-state index contributed by atoms with van der Waals surface area (Å²) in [5, 5.41) is 3.15. The summed E-state index contributed by atoms with van der Waals surface area (Å²) >= 11 is 0. The molecule has 1 N–H and O–H groups in total. The summed E-state index contributed by atoms with van der Waals surface area (Å²) in [5.74, 6) is 2.08. The molecule has 1 atom stereocenters. The maximum atomic E-state index is 12.8. The maximum Gasteiger partial charge on any atom is 0.261 e. The molecule has 2 aliphatic rings. The van der Waals surface area contributed by atoms with Gasteiger partial charge in [0.15, 0.2) is 12.4 Å². The van der Waals surface area contributed by atoms with E-state index in [0.717, 1.165) is 29.9 Å². The van der Waals surface area contributed by atoms with Crippen molar-refractivity contribution < 1.29 is 14.3 Å². The number of aromatic nitrogens is 2. The van der Waals surface area contributed by atoms with Crippen LogP contribution in [0.4, 0.5) is 5.82 Å². The number of amides is 2. The van der Waals surface area contributed by atoms with E-state index in [2.05, 4.69) is 5.32 Å². The molecule has 8 heteroatoms. The standard InChI is InChI=1S/C22H27N5O3/c1-15(28)26-12-10-18-17(13-26)21(23-2)25-22(24-18)19-9-6-11-27(19)20(29)14-30-16-7-4-3-5-8-16/h3-5,7-8,19H,6,9-14H2,1-2H3,(H,23,24,25). The van der Waals surface area contributed by atoms with Crippen LogP contribution in [0.1, 0.15) is 42.9 Å². The molecule has 1 fully saturated rings. The van der Waals surface area contributed by atoms with Crippen LogP contribution in [0.3, 0.4) is 0 Å². The highest BCUT2D eigenvalue weighted by molar-refractivity contribution is 5.78. The molecule has 0 saturated carbocycles. The van der Waals surface area contributed by atoms with Gasteiger partial charge in [0.05, 0.1) is 18.3 Å². The van der Waals surface area contributed by atoms with Crippen molar-refractivity contribution in [3.63, 3.8) is 0 Å². The predicted molar refractivity (Wildman–Crippen MR) is 112 cm³/mol. The molecular formula is C22H27N5O3. The summed E-state index contributed by atoms with van der Waals surface area (Å²) in [7, 11) is 1.82. The Hall–Kier alpha value is -3.16. The van der Waals surface area contributed by atoms with Crippen molar-refractivity contribution in [3.8, 4) is 5.75 Å². The fraction of sp³-hybridized carbons (Fsp3) is 0.455. The SMILES string of the molecule is CNc1nc(C2CCCN2C(=O)COc2ccccc2)nc2c1CN(C(C)=O)CC2. The molecular weight excluding hydrogens is 382 g/mol. The highest BCUT2D eigenvalue weighted by atomic mass is 16.5. The number of nitrogens with zero attached hydrogens (tertiary/aromatic N) is 4. The van der Waals surface area contributed by atoms with Gasteiger partial charge in [-0.25, -0.2) is 9.97 Å². The van der Waals surface area contributed by atoms with Gasteiger partial charge in [-0.15, -0.1) is 0 Å². The second-order valence-corrected chi connectivity index (χ2v) is 7.64. The van der Waals surface area contributed by atoms with Crippen LogP contribution in [0.2, 0.25) is 0 Å². The summed E-state index contributed by atoms with van der Waals surface area (Å²) in [6.45, 7) is 3.42. The molecule has 0 spiro atoms. The third-order valence-electron chi connectivity index (χ3n) is 5.74. The van der Waals surface area contributed by atoms with Crippen molar-refractivity contribution in [2.75, 3.05) is 32.1 Å². The molecule has 2 aliphatic heterocycles. The van der Waals surface area contributed by atoms with Gasteiger partial charge in [-0.05, 0) is 25.0 Å². The van der Waals surface area contributed by atoms with Gasteiger partial charge in [-0.3, -0.25) is 9.59 Å². The van der Waals surface area contributed by atoms with Crippen molar-refractivity contribution in [3.05, 3.63) is 47.4 Å². The number of carbonyl (C=O) groups excluding carboxylic acids is 2. The number of carbonyl (C=O) groups is 2. The van der Waals surface area contributed by atoms with Crippen LogP contribution >= 0.6 is 0 Å². The van der Waals surface area contributed by atoms with E-state index >= 15 is 0 Å². The number of ether oxygens (including phenoxy) is 1. The van der Waals surface area contributed by atoms with Gasteiger partial charge in [0.25, 0.3) is 5.91 Å². The summed E-state index contributed by atoms with van der Waals surface area (Å²) in [6, 6.07) is 9.20. The Labute approximate surface area is 176 Å². The van der Waals surface area contributed by atoms with E-state index in [0.29, 0.717) is 37.6 Å². The first-order valence-electron chi connectivity index (χ1n) is 10.4. The van der Waals surface area contributed by atoms with Crippen molar-refractivity contribution in [2.24, 2.45) is 0 Å². The van der Waals surface area contributed by atoms with E-state index in [9.17, 15) is 9.59 Å². The van der Waals surface area contributed by atoms with Crippen LogP contribution in [-0.2, 0) is 22.6 Å². The molecule has 0 radical (unpaired) electrons. The first-order valence-corrected chi connectivity index (χ1v) is 10.4. The van der Waals surface area contributed by atoms with Gasteiger partial charge in [0.1, 0.15) is 11.6 Å². The number of para-hydroxylation sites is 1. The normalized spacial score (nSPS) is 18.1. The maximum absolute atomic E-state index is 12.8. The molecule has 4 rings (SSSR count). The van der Waals surface area contributed by atoms with Gasteiger partial charge in [-0.1, -0.05) is 18.2 Å². The quantitative estimate of drug-likeness (QED) is 0.814. The summed E-state index contributed by atoms with van der Waals surface area (Å²) in [4.78, 5) is 37.8. The molecule has 2 amide bonds. The molecule has 2 aromatic rings. The van der Waals surface area contributed by atoms with Gasteiger partial charge >= 0.3 is 0 Å². The van der Waals surface area contributed by atoms with E-state index in [-0.39, 0.29) is 24.5 Å². The number of anilines is 1. The lowest BCUT2D eigenvalue weighted by atomic mass is 10.0. The molecule has 1 unspecified atom stereocenters. The number of nitrogens with one attached hydrogen (secondary N) is 1. The van der Waals surface area contributed by atoms with E-state index in [1.54, 1.807) is 11.8 Å². The second-order valence-electron chi connectivity index (χ2n) is 7.64. The molecule has 30 heavy (non-hydrogen) atoms. The monoisotopic (exact) mass is 409 g/mol. The van der Waals surface area contributed by atoms with Crippen LogP contribution in [-0.4, -0.2) is 58.3 Å². The van der Waals surface area contributed by atoms with Gasteiger partial charge in [0, 0.05) is 39.0 Å². The Kier molecular flexibility index (Phi) is 5.83. The summed E-state index contributed by atoms with van der Waals surface area (Å²) < 4.78 is 5.65. The average molecular weight is 409 g/mol. The Morgan fingerprint density at radius 3 is 2.73 bits per heavy atom. The van der Waals surface area contributed by atoms with E-state index in [4.69, 9.17) is 14.7 Å². The molecule has 158 valence electrons. The Morgan fingerprint density at radius 2 is 2.00 bits per heavy atom. The zero-order valence-electron chi connectivity index (χ0n) is 17.4. The van der Waals surface area contributed by atoms with Crippen LogP contribution in [0.15, 0.2) is 30.3 Å². The Bertz CT molecular complexity index is 917. The lowest BCUT2D eigenvalue weighted by Gasteiger charge is -2.30. The van der Waals surface area contributed by atoms with E-state index in [1.807, 2.05) is 42.3 Å². The molecule has 1 aromatic heterocycles. The number of rotatable bonds is 5. The highest BCUT2D eigenvalue weighted by Crippen LogP contribution is 2.33. The topological polar surface area (TPSA) is 87.7 Å². The van der Waals surface area contributed by atoms with Crippen LogP contribution in [0.25, 0.3) is 0 Å². The second kappa shape index (κ2) is 8.69. The van der Waals surface area contributed by atoms with E-state index in [1.165, 1.54) is 0 Å². The molecule has 8 nitrogen and oxygen atoms in total. The van der Waals surface area contributed by atoms with E-state index < -0.39 is 0 Å². The molecule has 1 saturated heterocycles. The van der Waals surface area contributed by atoms with Gasteiger partial charge < -0.3 is 19.9 Å². The minimum Gasteiger partial charge on any atom is -0.484 e. The number of likely N-dealkylation sites (tertiary alicyclic amines) is 1. The van der Waals surface area contributed by atoms with Crippen LogP contribution in [0, 0.1) is 0 Å². The van der Waals surface area contributed by atoms with Crippen LogP contribution < -0.4 is 10.1 Å². The van der Waals surface area contributed by atoms with Crippen molar-refractivity contribution in [1.82, 2.24) is 19.8 Å². The fourth-order valence-electron chi connectivity index (χ4n) is 4.14. The average Bonchev–Trinajstić information content (AvgIpc) is 3.27. The summed E-state index contributed by atoms with van der Waals surface area (Å²) in [5.41, 5.74) is 1.92. The summed E-state index contributed by atoms with van der Waals surface area (Å²) in [6.07, 6.45) is 2.44.